The zero-order valence-electron chi connectivity index (χ0n) is 23.7. The number of carbonyl (C=O) groups excluding carboxylic acids is 2. The number of hydrogen-bond acceptors (Lipinski definition) is 4. The highest BCUT2D eigenvalue weighted by atomic mass is 35.5. The van der Waals surface area contributed by atoms with Gasteiger partial charge in [0.1, 0.15) is 12.6 Å². The quantitative estimate of drug-likeness (QED) is 0.282. The number of nitrogens with zero attached hydrogens (tertiary/aromatic N) is 2. The number of nitrogens with one attached hydrogen (secondary N) is 1. The van der Waals surface area contributed by atoms with Crippen LogP contribution in [0.2, 0.25) is 5.02 Å². The van der Waals surface area contributed by atoms with Crippen LogP contribution in [0.1, 0.15) is 37.5 Å². The molecule has 0 unspecified atom stereocenters. The highest BCUT2D eigenvalue weighted by Crippen LogP contribution is 2.37. The summed E-state index contributed by atoms with van der Waals surface area (Å²) in [5, 5.41) is 2.47. The average molecular weight is 624 g/mol. The normalized spacial score (nSPS) is 12.6. The molecule has 3 rings (SSSR count). The largest absolute Gasteiger partial charge is 0.416 e. The fraction of sp³-hybridized carbons (Fsp3) is 0.333. The molecular formula is C30H33ClF3N3O4S. The number of halogens is 4. The molecule has 0 fully saturated rings. The van der Waals surface area contributed by atoms with E-state index in [1.165, 1.54) is 36.1 Å². The van der Waals surface area contributed by atoms with Crippen LogP contribution in [-0.2, 0) is 32.3 Å². The molecule has 0 saturated heterocycles. The molecule has 0 saturated carbocycles. The molecule has 0 radical (unpaired) electrons. The van der Waals surface area contributed by atoms with Gasteiger partial charge in [0, 0.05) is 13.1 Å². The number of anilines is 1. The van der Waals surface area contributed by atoms with Crippen molar-refractivity contribution in [3.8, 4) is 0 Å². The second-order valence-electron chi connectivity index (χ2n) is 10.3. The Hall–Kier alpha value is -3.57. The van der Waals surface area contributed by atoms with Gasteiger partial charge in [-0.1, -0.05) is 73.5 Å². The monoisotopic (exact) mass is 623 g/mol. The van der Waals surface area contributed by atoms with Gasteiger partial charge < -0.3 is 10.2 Å². The highest BCUT2D eigenvalue weighted by molar-refractivity contribution is 7.92. The van der Waals surface area contributed by atoms with Crippen molar-refractivity contribution in [1.82, 2.24) is 10.2 Å². The second-order valence-corrected chi connectivity index (χ2v) is 12.6. The van der Waals surface area contributed by atoms with Gasteiger partial charge in [0.25, 0.3) is 10.0 Å². The van der Waals surface area contributed by atoms with Crippen molar-refractivity contribution in [3.63, 3.8) is 0 Å². The molecule has 7 nitrogen and oxygen atoms in total. The van der Waals surface area contributed by atoms with Crippen LogP contribution in [0, 0.1) is 12.8 Å². The van der Waals surface area contributed by atoms with Crippen LogP contribution >= 0.6 is 11.6 Å². The van der Waals surface area contributed by atoms with E-state index in [2.05, 4.69) is 5.32 Å². The Kier molecular flexibility index (Phi) is 10.7. The summed E-state index contributed by atoms with van der Waals surface area (Å²) in [5.41, 5.74) is -0.0119. The lowest BCUT2D eigenvalue weighted by Crippen LogP contribution is -2.51. The number of sulfonamides is 1. The van der Waals surface area contributed by atoms with E-state index in [4.69, 9.17) is 11.6 Å². The van der Waals surface area contributed by atoms with E-state index >= 15 is 0 Å². The summed E-state index contributed by atoms with van der Waals surface area (Å²) in [4.78, 5) is 27.9. The maximum Gasteiger partial charge on any atom is 0.416 e. The van der Waals surface area contributed by atoms with Gasteiger partial charge in [0.2, 0.25) is 11.8 Å². The lowest BCUT2D eigenvalue weighted by atomic mass is 10.1. The van der Waals surface area contributed by atoms with Gasteiger partial charge in [0.15, 0.2) is 0 Å². The molecule has 3 aromatic carbocycles. The van der Waals surface area contributed by atoms with Gasteiger partial charge >= 0.3 is 6.18 Å². The van der Waals surface area contributed by atoms with Gasteiger partial charge in [0.05, 0.1) is 21.2 Å². The second kappa shape index (κ2) is 13.6. The number of alkyl halides is 3. The predicted octanol–water partition coefficient (Wildman–Crippen LogP) is 6.05. The molecule has 0 aliphatic heterocycles. The molecule has 0 aromatic heterocycles. The number of carbonyl (C=O) groups is 2. The summed E-state index contributed by atoms with van der Waals surface area (Å²) in [7, 11) is -4.58. The summed E-state index contributed by atoms with van der Waals surface area (Å²) < 4.78 is 69.1. The lowest BCUT2D eigenvalue weighted by Gasteiger charge is -2.32. The Morgan fingerprint density at radius 2 is 1.57 bits per heavy atom. The molecular weight excluding hydrogens is 591 g/mol. The van der Waals surface area contributed by atoms with Gasteiger partial charge in [-0.25, -0.2) is 8.42 Å². The Bertz CT molecular complexity index is 1500. The van der Waals surface area contributed by atoms with Gasteiger partial charge in [-0.05, 0) is 55.7 Å². The van der Waals surface area contributed by atoms with Crippen LogP contribution in [0.15, 0.2) is 77.7 Å². The lowest BCUT2D eigenvalue weighted by molar-refractivity contribution is -0.139. The van der Waals surface area contributed by atoms with Gasteiger partial charge in [-0.3, -0.25) is 13.9 Å². The average Bonchev–Trinajstić information content (AvgIpc) is 2.94. The summed E-state index contributed by atoms with van der Waals surface area (Å²) >= 11 is 6.26. The highest BCUT2D eigenvalue weighted by Gasteiger charge is 2.36. The number of rotatable bonds is 11. The van der Waals surface area contributed by atoms with E-state index in [1.54, 1.807) is 18.2 Å². The Morgan fingerprint density at radius 3 is 2.14 bits per heavy atom. The first-order valence-electron chi connectivity index (χ1n) is 13.2. The maximum absolute atomic E-state index is 13.9. The maximum atomic E-state index is 13.9. The first-order chi connectivity index (χ1) is 19.6. The standard InChI is InChI=1S/C30H33ClF3N3O4S/c1-20(2)17-35-29(39)22(4)36(18-23-12-10-21(3)11-13-23)28(38)19-37(42(40,41)25-8-6-5-7-9-25)27-16-24(30(32,33)34)14-15-26(27)31/h5-16,20,22H,17-19H2,1-4H3,(H,35,39)/t22-/m1/s1. The zero-order valence-corrected chi connectivity index (χ0v) is 25.2. The third-order valence-corrected chi connectivity index (χ3v) is 8.57. The molecule has 3 aromatic rings. The van der Waals surface area contributed by atoms with Crippen molar-refractivity contribution in [2.45, 2.75) is 51.4 Å². The van der Waals surface area contributed by atoms with Crippen LogP contribution in [0.5, 0.6) is 0 Å². The van der Waals surface area contributed by atoms with E-state index in [0.29, 0.717) is 22.5 Å². The molecule has 0 aliphatic carbocycles. The summed E-state index contributed by atoms with van der Waals surface area (Å²) in [6.07, 6.45) is -4.80. The van der Waals surface area contributed by atoms with E-state index in [-0.39, 0.29) is 22.4 Å². The first kappa shape index (κ1) is 32.9. The molecule has 0 bridgehead atoms. The summed E-state index contributed by atoms with van der Waals surface area (Å²) in [5.74, 6) is -1.13. The van der Waals surface area contributed by atoms with Crippen molar-refractivity contribution < 1.29 is 31.2 Å². The van der Waals surface area contributed by atoms with Gasteiger partial charge in [-0.2, -0.15) is 13.2 Å². The molecule has 1 atom stereocenters. The minimum atomic E-state index is -4.80. The SMILES string of the molecule is Cc1ccc(CN(C(=O)CN(c2cc(C(F)(F)F)ccc2Cl)S(=O)(=O)c2ccccc2)[C@H](C)C(=O)NCC(C)C)cc1. The molecule has 0 spiro atoms. The third kappa shape index (κ3) is 8.25. The number of benzene rings is 3. The molecule has 2 amide bonds. The van der Waals surface area contributed by atoms with Crippen LogP contribution in [0.25, 0.3) is 0 Å². The van der Waals surface area contributed by atoms with Crippen molar-refractivity contribution in [1.29, 1.82) is 0 Å². The zero-order chi connectivity index (χ0) is 31.2. The Balaban J connectivity index is 2.10. The minimum Gasteiger partial charge on any atom is -0.354 e. The number of amides is 2. The third-order valence-electron chi connectivity index (χ3n) is 6.48. The summed E-state index contributed by atoms with van der Waals surface area (Å²) in [6.45, 7) is 6.60. The Morgan fingerprint density at radius 1 is 0.952 bits per heavy atom. The molecule has 1 N–H and O–H groups in total. The van der Waals surface area contributed by atoms with Crippen LogP contribution in [-0.4, -0.2) is 44.3 Å². The Labute approximate surface area is 249 Å². The van der Waals surface area contributed by atoms with Crippen molar-refractivity contribution >= 4 is 39.1 Å². The molecule has 42 heavy (non-hydrogen) atoms. The number of aryl methyl sites for hydroxylation is 1. The van der Waals surface area contributed by atoms with Crippen molar-refractivity contribution in [3.05, 3.63) is 94.5 Å². The topological polar surface area (TPSA) is 86.8 Å². The van der Waals surface area contributed by atoms with E-state index in [1.807, 2.05) is 32.9 Å². The molecule has 0 aliphatic rings. The van der Waals surface area contributed by atoms with Crippen molar-refractivity contribution in [2.24, 2.45) is 5.92 Å². The van der Waals surface area contributed by atoms with Crippen LogP contribution in [0.4, 0.5) is 18.9 Å². The predicted molar refractivity (Wildman–Crippen MR) is 156 cm³/mol. The van der Waals surface area contributed by atoms with Crippen molar-refractivity contribution in [2.75, 3.05) is 17.4 Å². The minimum absolute atomic E-state index is 0.0507. The molecule has 0 heterocycles. The molecule has 226 valence electrons. The fourth-order valence-corrected chi connectivity index (χ4v) is 5.75. The van der Waals surface area contributed by atoms with E-state index in [9.17, 15) is 31.2 Å². The van der Waals surface area contributed by atoms with E-state index in [0.717, 1.165) is 17.7 Å². The fourth-order valence-electron chi connectivity index (χ4n) is 4.04. The summed E-state index contributed by atoms with van der Waals surface area (Å²) in [6, 6.07) is 15.4. The van der Waals surface area contributed by atoms with Crippen LogP contribution in [0.3, 0.4) is 0 Å². The van der Waals surface area contributed by atoms with E-state index < -0.39 is 51.9 Å². The van der Waals surface area contributed by atoms with Crippen LogP contribution < -0.4 is 9.62 Å². The first-order valence-corrected chi connectivity index (χ1v) is 15.0. The molecule has 12 heteroatoms. The van der Waals surface area contributed by atoms with Gasteiger partial charge in [-0.15, -0.1) is 0 Å². The smallest absolute Gasteiger partial charge is 0.354 e. The number of hydrogen-bond donors (Lipinski definition) is 1.